The maximum Gasteiger partial charge on any atom is 0.303 e. The molecule has 1 heterocycles. The quantitative estimate of drug-likeness (QED) is 0.853. The van der Waals surface area contributed by atoms with Crippen LogP contribution in [-0.2, 0) is 11.2 Å². The van der Waals surface area contributed by atoms with E-state index in [4.69, 9.17) is 5.11 Å². The van der Waals surface area contributed by atoms with Gasteiger partial charge in [0.25, 0.3) is 5.56 Å². The summed E-state index contributed by atoms with van der Waals surface area (Å²) in [6.45, 7) is 5.92. The van der Waals surface area contributed by atoms with Crippen LogP contribution in [0.25, 0.3) is 0 Å². The molecule has 0 aromatic carbocycles. The predicted molar refractivity (Wildman–Crippen MR) is 66.4 cm³/mol. The standard InChI is InChI=1S/C13H19NO3/c1-4-9(2)14-10(3)5-6-11(13(14)17)7-8-12(15)16/h5-6,9H,4,7-8H2,1-3H3,(H,15,16). The lowest BCUT2D eigenvalue weighted by molar-refractivity contribution is -0.136. The predicted octanol–water partition coefficient (Wildman–Crippen LogP) is 2.14. The summed E-state index contributed by atoms with van der Waals surface area (Å²) < 4.78 is 1.75. The zero-order valence-corrected chi connectivity index (χ0v) is 10.6. The first kappa shape index (κ1) is 13.5. The van der Waals surface area contributed by atoms with Crippen LogP contribution in [0.1, 0.15) is 44.0 Å². The Hall–Kier alpha value is -1.58. The average molecular weight is 237 g/mol. The highest BCUT2D eigenvalue weighted by Crippen LogP contribution is 2.11. The van der Waals surface area contributed by atoms with Gasteiger partial charge >= 0.3 is 5.97 Å². The fourth-order valence-electron chi connectivity index (χ4n) is 1.85. The number of aliphatic carboxylic acids is 1. The minimum atomic E-state index is -0.875. The van der Waals surface area contributed by atoms with Gasteiger partial charge in [-0.1, -0.05) is 13.0 Å². The summed E-state index contributed by atoms with van der Waals surface area (Å²) in [5, 5.41) is 8.64. The van der Waals surface area contributed by atoms with Crippen LogP contribution in [0.3, 0.4) is 0 Å². The molecule has 4 nitrogen and oxygen atoms in total. The van der Waals surface area contributed by atoms with Crippen LogP contribution in [-0.4, -0.2) is 15.6 Å². The van der Waals surface area contributed by atoms with Gasteiger partial charge in [-0.15, -0.1) is 0 Å². The van der Waals surface area contributed by atoms with Crippen molar-refractivity contribution in [2.75, 3.05) is 0 Å². The fraction of sp³-hybridized carbons (Fsp3) is 0.538. The summed E-state index contributed by atoms with van der Waals surface area (Å²) >= 11 is 0. The zero-order valence-electron chi connectivity index (χ0n) is 10.6. The molecule has 0 fully saturated rings. The molecule has 1 aromatic heterocycles. The molecule has 0 bridgehead atoms. The van der Waals surface area contributed by atoms with Crippen LogP contribution >= 0.6 is 0 Å². The minimum Gasteiger partial charge on any atom is -0.481 e. The molecule has 0 amide bonds. The van der Waals surface area contributed by atoms with Gasteiger partial charge in [0.1, 0.15) is 0 Å². The summed E-state index contributed by atoms with van der Waals surface area (Å²) in [4.78, 5) is 22.7. The van der Waals surface area contributed by atoms with Crippen molar-refractivity contribution < 1.29 is 9.90 Å². The number of aryl methyl sites for hydroxylation is 2. The maximum atomic E-state index is 12.2. The number of nitrogens with zero attached hydrogens (tertiary/aromatic N) is 1. The molecule has 94 valence electrons. The first-order chi connectivity index (χ1) is 7.97. The van der Waals surface area contributed by atoms with Gasteiger partial charge in [0.2, 0.25) is 0 Å². The number of carboxylic acid groups (broad SMARTS) is 1. The van der Waals surface area contributed by atoms with Crippen molar-refractivity contribution in [3.05, 3.63) is 33.7 Å². The third-order valence-electron chi connectivity index (χ3n) is 3.04. The molecule has 0 aliphatic rings. The van der Waals surface area contributed by atoms with Crippen molar-refractivity contribution in [3.63, 3.8) is 0 Å². The van der Waals surface area contributed by atoms with Crippen molar-refractivity contribution >= 4 is 5.97 Å². The van der Waals surface area contributed by atoms with Crippen molar-refractivity contribution in [2.24, 2.45) is 0 Å². The Kier molecular flexibility index (Phi) is 4.49. The number of carbonyl (C=O) groups is 1. The second-order valence-electron chi connectivity index (χ2n) is 4.33. The lowest BCUT2D eigenvalue weighted by atomic mass is 10.1. The van der Waals surface area contributed by atoms with Crippen LogP contribution in [0, 0.1) is 6.92 Å². The van der Waals surface area contributed by atoms with Gasteiger partial charge in [0, 0.05) is 23.7 Å². The molecule has 1 aromatic rings. The molecule has 0 saturated heterocycles. The summed E-state index contributed by atoms with van der Waals surface area (Å²) in [5.74, 6) is -0.875. The van der Waals surface area contributed by atoms with Crippen molar-refractivity contribution in [2.45, 2.75) is 46.1 Å². The van der Waals surface area contributed by atoms with E-state index in [9.17, 15) is 9.59 Å². The van der Waals surface area contributed by atoms with Gasteiger partial charge in [-0.3, -0.25) is 9.59 Å². The Labute approximate surface area is 101 Å². The van der Waals surface area contributed by atoms with E-state index in [-0.39, 0.29) is 18.0 Å². The second-order valence-corrected chi connectivity index (χ2v) is 4.33. The lowest BCUT2D eigenvalue weighted by Crippen LogP contribution is -2.28. The topological polar surface area (TPSA) is 59.3 Å². The Morgan fingerprint density at radius 2 is 2.12 bits per heavy atom. The monoisotopic (exact) mass is 237 g/mol. The molecular formula is C13H19NO3. The van der Waals surface area contributed by atoms with Gasteiger partial charge in [-0.05, 0) is 32.8 Å². The lowest BCUT2D eigenvalue weighted by Gasteiger charge is -2.17. The van der Waals surface area contributed by atoms with Crippen LogP contribution in [0.4, 0.5) is 0 Å². The number of carboxylic acids is 1. The highest BCUT2D eigenvalue weighted by molar-refractivity contribution is 5.67. The summed E-state index contributed by atoms with van der Waals surface area (Å²) in [6.07, 6.45) is 1.17. The molecule has 0 radical (unpaired) electrons. The van der Waals surface area contributed by atoms with Crippen LogP contribution in [0.2, 0.25) is 0 Å². The molecule has 1 atom stereocenters. The third-order valence-corrected chi connectivity index (χ3v) is 3.04. The van der Waals surface area contributed by atoms with E-state index in [0.29, 0.717) is 12.0 Å². The molecule has 0 saturated carbocycles. The molecule has 1 N–H and O–H groups in total. The van der Waals surface area contributed by atoms with E-state index in [1.165, 1.54) is 0 Å². The second kappa shape index (κ2) is 5.66. The SMILES string of the molecule is CCC(C)n1c(C)ccc(CCC(=O)O)c1=O. The van der Waals surface area contributed by atoms with E-state index < -0.39 is 5.97 Å². The number of pyridine rings is 1. The van der Waals surface area contributed by atoms with Crippen LogP contribution < -0.4 is 5.56 Å². The largest absolute Gasteiger partial charge is 0.481 e. The first-order valence-corrected chi connectivity index (χ1v) is 5.90. The van der Waals surface area contributed by atoms with Crippen molar-refractivity contribution in [3.8, 4) is 0 Å². The normalized spacial score (nSPS) is 12.4. The smallest absolute Gasteiger partial charge is 0.303 e. The van der Waals surface area contributed by atoms with E-state index in [1.807, 2.05) is 26.8 Å². The zero-order chi connectivity index (χ0) is 13.0. The van der Waals surface area contributed by atoms with E-state index in [1.54, 1.807) is 10.6 Å². The van der Waals surface area contributed by atoms with E-state index >= 15 is 0 Å². The molecular weight excluding hydrogens is 218 g/mol. The number of hydrogen-bond acceptors (Lipinski definition) is 2. The third kappa shape index (κ3) is 3.19. The minimum absolute atomic E-state index is 0.00118. The van der Waals surface area contributed by atoms with E-state index in [2.05, 4.69) is 0 Å². The summed E-state index contributed by atoms with van der Waals surface area (Å²) in [5.41, 5.74) is 1.45. The Bertz CT molecular complexity index is 462. The first-order valence-electron chi connectivity index (χ1n) is 5.90. The molecule has 0 aliphatic carbocycles. The van der Waals surface area contributed by atoms with Crippen LogP contribution in [0.5, 0.6) is 0 Å². The number of rotatable bonds is 5. The number of hydrogen-bond donors (Lipinski definition) is 1. The Balaban J connectivity index is 3.10. The molecule has 17 heavy (non-hydrogen) atoms. The van der Waals surface area contributed by atoms with Crippen molar-refractivity contribution in [1.29, 1.82) is 0 Å². The van der Waals surface area contributed by atoms with Gasteiger partial charge < -0.3 is 9.67 Å². The highest BCUT2D eigenvalue weighted by atomic mass is 16.4. The fourth-order valence-corrected chi connectivity index (χ4v) is 1.85. The van der Waals surface area contributed by atoms with Gasteiger partial charge in [-0.2, -0.15) is 0 Å². The Morgan fingerprint density at radius 1 is 1.47 bits per heavy atom. The molecule has 1 unspecified atom stereocenters. The Morgan fingerprint density at radius 3 is 2.65 bits per heavy atom. The van der Waals surface area contributed by atoms with Crippen molar-refractivity contribution in [1.82, 2.24) is 4.57 Å². The average Bonchev–Trinajstić information content (AvgIpc) is 2.27. The molecule has 4 heteroatoms. The summed E-state index contributed by atoms with van der Waals surface area (Å²) in [7, 11) is 0. The highest BCUT2D eigenvalue weighted by Gasteiger charge is 2.11. The maximum absolute atomic E-state index is 12.2. The van der Waals surface area contributed by atoms with Gasteiger partial charge in [-0.25, -0.2) is 0 Å². The molecule has 0 aliphatic heterocycles. The van der Waals surface area contributed by atoms with Crippen LogP contribution in [0.15, 0.2) is 16.9 Å². The van der Waals surface area contributed by atoms with E-state index in [0.717, 1.165) is 12.1 Å². The number of aromatic nitrogens is 1. The van der Waals surface area contributed by atoms with Gasteiger partial charge in [0.15, 0.2) is 0 Å². The molecule has 0 spiro atoms. The summed E-state index contributed by atoms with van der Waals surface area (Å²) in [6, 6.07) is 3.76. The van der Waals surface area contributed by atoms with Gasteiger partial charge in [0.05, 0.1) is 0 Å². The molecule has 1 rings (SSSR count).